The van der Waals surface area contributed by atoms with Crippen LogP contribution in [0.25, 0.3) is 0 Å². The summed E-state index contributed by atoms with van der Waals surface area (Å²) in [6, 6.07) is 0.263. The van der Waals surface area contributed by atoms with Crippen molar-refractivity contribution in [1.29, 1.82) is 0 Å². The molecule has 0 fully saturated rings. The summed E-state index contributed by atoms with van der Waals surface area (Å²) in [5.41, 5.74) is 0. The highest BCUT2D eigenvalue weighted by molar-refractivity contribution is 4.68. The second-order valence-electron chi connectivity index (χ2n) is 4.90. The van der Waals surface area contributed by atoms with Crippen LogP contribution in [-0.4, -0.2) is 49.3 Å². The molecule has 3 heteroatoms. The highest BCUT2D eigenvalue weighted by Gasteiger charge is 2.09. The fraction of sp³-hybridized carbons (Fsp3) is 1.00. The van der Waals surface area contributed by atoms with Crippen LogP contribution in [0.15, 0.2) is 0 Å². The third-order valence-corrected chi connectivity index (χ3v) is 3.08. The quantitative estimate of drug-likeness (QED) is 0.600. The molecule has 0 aliphatic heterocycles. The molecule has 0 radical (unpaired) electrons. The molecule has 2 N–H and O–H groups in total. The van der Waals surface area contributed by atoms with Gasteiger partial charge in [-0.25, -0.2) is 0 Å². The van der Waals surface area contributed by atoms with Crippen molar-refractivity contribution >= 4 is 0 Å². The lowest BCUT2D eigenvalue weighted by Crippen LogP contribution is -2.37. The Morgan fingerprint density at radius 2 is 2.00 bits per heavy atom. The Balaban J connectivity index is 3.65. The maximum Gasteiger partial charge on any atom is 0.0585 e. The van der Waals surface area contributed by atoms with Crippen LogP contribution in [0.3, 0.4) is 0 Å². The molecule has 0 spiro atoms. The van der Waals surface area contributed by atoms with E-state index in [4.69, 9.17) is 0 Å². The van der Waals surface area contributed by atoms with Gasteiger partial charge in [0, 0.05) is 12.6 Å². The van der Waals surface area contributed by atoms with Gasteiger partial charge in [-0.3, -0.25) is 0 Å². The molecule has 2 unspecified atom stereocenters. The van der Waals surface area contributed by atoms with Crippen molar-refractivity contribution in [3.05, 3.63) is 0 Å². The average molecular weight is 230 g/mol. The minimum atomic E-state index is 0.247. The maximum atomic E-state index is 9.21. The lowest BCUT2D eigenvalue weighted by Gasteiger charge is -2.23. The summed E-state index contributed by atoms with van der Waals surface area (Å²) in [4.78, 5) is 2.37. The van der Waals surface area contributed by atoms with E-state index in [9.17, 15) is 5.11 Å². The van der Waals surface area contributed by atoms with E-state index < -0.39 is 0 Å². The molecule has 0 rings (SSSR count). The fourth-order valence-corrected chi connectivity index (χ4v) is 1.74. The number of rotatable bonds is 10. The van der Waals surface area contributed by atoms with Crippen LogP contribution >= 0.6 is 0 Å². The normalized spacial score (nSPS) is 15.4. The van der Waals surface area contributed by atoms with Crippen molar-refractivity contribution in [2.75, 3.05) is 33.3 Å². The molecule has 0 heterocycles. The monoisotopic (exact) mass is 230 g/mol. The van der Waals surface area contributed by atoms with Gasteiger partial charge in [0.1, 0.15) is 0 Å². The summed E-state index contributed by atoms with van der Waals surface area (Å²) in [7, 11) is 2.17. The lowest BCUT2D eigenvalue weighted by atomic mass is 10.1. The van der Waals surface area contributed by atoms with Gasteiger partial charge in [-0.15, -0.1) is 0 Å². The molecule has 0 saturated heterocycles. The first-order valence-electron chi connectivity index (χ1n) is 6.66. The van der Waals surface area contributed by atoms with Crippen LogP contribution < -0.4 is 5.32 Å². The van der Waals surface area contributed by atoms with Gasteiger partial charge in [0.2, 0.25) is 0 Å². The number of hydrogen-bond acceptors (Lipinski definition) is 3. The van der Waals surface area contributed by atoms with Gasteiger partial charge in [0.15, 0.2) is 0 Å². The van der Waals surface area contributed by atoms with Gasteiger partial charge in [0.05, 0.1) is 6.61 Å². The van der Waals surface area contributed by atoms with Crippen molar-refractivity contribution in [3.63, 3.8) is 0 Å². The van der Waals surface area contributed by atoms with Crippen molar-refractivity contribution in [1.82, 2.24) is 10.2 Å². The molecule has 2 atom stereocenters. The molecule has 0 saturated carbocycles. The molecule has 0 amide bonds. The highest BCUT2D eigenvalue weighted by atomic mass is 16.3. The standard InChI is InChI=1S/C13H30N2O/c1-5-8-14-13(11-16)7-9-15(4)10-12(3)6-2/h12-14,16H,5-11H2,1-4H3. The maximum absolute atomic E-state index is 9.21. The second kappa shape index (κ2) is 10.1. The van der Waals surface area contributed by atoms with Crippen molar-refractivity contribution in [2.45, 2.75) is 46.1 Å². The number of nitrogens with one attached hydrogen (secondary N) is 1. The fourth-order valence-electron chi connectivity index (χ4n) is 1.74. The number of aliphatic hydroxyl groups excluding tert-OH is 1. The Kier molecular flexibility index (Phi) is 9.99. The van der Waals surface area contributed by atoms with E-state index in [2.05, 4.69) is 38.0 Å². The van der Waals surface area contributed by atoms with E-state index in [1.54, 1.807) is 0 Å². The van der Waals surface area contributed by atoms with Gasteiger partial charge in [-0.05, 0) is 38.9 Å². The van der Waals surface area contributed by atoms with Crippen LogP contribution in [0.2, 0.25) is 0 Å². The minimum Gasteiger partial charge on any atom is -0.395 e. The van der Waals surface area contributed by atoms with E-state index in [-0.39, 0.29) is 12.6 Å². The molecule has 0 aliphatic rings. The van der Waals surface area contributed by atoms with Gasteiger partial charge in [0.25, 0.3) is 0 Å². The molecule has 0 bridgehead atoms. The zero-order valence-electron chi connectivity index (χ0n) is 11.5. The summed E-state index contributed by atoms with van der Waals surface area (Å²) >= 11 is 0. The third-order valence-electron chi connectivity index (χ3n) is 3.08. The minimum absolute atomic E-state index is 0.247. The van der Waals surface area contributed by atoms with Crippen LogP contribution in [-0.2, 0) is 0 Å². The molecular formula is C13H30N2O. The van der Waals surface area contributed by atoms with Crippen molar-refractivity contribution in [2.24, 2.45) is 5.92 Å². The van der Waals surface area contributed by atoms with Crippen molar-refractivity contribution in [3.8, 4) is 0 Å². The van der Waals surface area contributed by atoms with E-state index >= 15 is 0 Å². The van der Waals surface area contributed by atoms with Gasteiger partial charge < -0.3 is 15.3 Å². The second-order valence-corrected chi connectivity index (χ2v) is 4.90. The van der Waals surface area contributed by atoms with E-state index in [0.717, 1.165) is 38.4 Å². The zero-order valence-corrected chi connectivity index (χ0v) is 11.5. The van der Waals surface area contributed by atoms with Crippen LogP contribution in [0.1, 0.15) is 40.0 Å². The molecule has 0 aromatic rings. The number of aliphatic hydroxyl groups is 1. The molecule has 0 aromatic heterocycles. The lowest BCUT2D eigenvalue weighted by molar-refractivity contribution is 0.210. The molecular weight excluding hydrogens is 200 g/mol. The van der Waals surface area contributed by atoms with Crippen LogP contribution in [0, 0.1) is 5.92 Å². The molecule has 0 aliphatic carbocycles. The van der Waals surface area contributed by atoms with Gasteiger partial charge >= 0.3 is 0 Å². The zero-order chi connectivity index (χ0) is 12.4. The molecule has 16 heavy (non-hydrogen) atoms. The van der Waals surface area contributed by atoms with E-state index in [1.165, 1.54) is 6.42 Å². The molecule has 98 valence electrons. The van der Waals surface area contributed by atoms with Crippen LogP contribution in [0.5, 0.6) is 0 Å². The Labute approximate surface area is 101 Å². The third kappa shape index (κ3) is 8.08. The first kappa shape index (κ1) is 15.9. The molecule has 3 nitrogen and oxygen atoms in total. The number of nitrogens with zero attached hydrogens (tertiary/aromatic N) is 1. The summed E-state index contributed by atoms with van der Waals surface area (Å²) in [6.45, 7) is 10.1. The first-order valence-corrected chi connectivity index (χ1v) is 6.66. The molecule has 0 aromatic carbocycles. The SMILES string of the molecule is CCCNC(CO)CCN(C)CC(C)CC. The summed E-state index contributed by atoms with van der Waals surface area (Å²) in [6.07, 6.45) is 3.39. The predicted octanol–water partition coefficient (Wildman–Crippen LogP) is 1.71. The van der Waals surface area contributed by atoms with Crippen molar-refractivity contribution < 1.29 is 5.11 Å². The Bertz CT molecular complexity index is 153. The summed E-state index contributed by atoms with van der Waals surface area (Å²) in [5.74, 6) is 0.765. The Hall–Kier alpha value is -0.120. The topological polar surface area (TPSA) is 35.5 Å². The predicted molar refractivity (Wildman–Crippen MR) is 70.7 cm³/mol. The largest absolute Gasteiger partial charge is 0.395 e. The first-order chi connectivity index (χ1) is 7.63. The summed E-state index contributed by atoms with van der Waals surface area (Å²) in [5, 5.41) is 12.6. The smallest absolute Gasteiger partial charge is 0.0585 e. The van der Waals surface area contributed by atoms with E-state index in [0.29, 0.717) is 0 Å². The highest BCUT2D eigenvalue weighted by Crippen LogP contribution is 2.03. The van der Waals surface area contributed by atoms with Gasteiger partial charge in [-0.2, -0.15) is 0 Å². The average Bonchev–Trinajstić information content (AvgIpc) is 2.29. The van der Waals surface area contributed by atoms with Crippen LogP contribution in [0.4, 0.5) is 0 Å². The van der Waals surface area contributed by atoms with E-state index in [1.807, 2.05) is 0 Å². The Morgan fingerprint density at radius 3 is 2.50 bits per heavy atom. The number of hydrogen-bond donors (Lipinski definition) is 2. The Morgan fingerprint density at radius 1 is 1.31 bits per heavy atom. The van der Waals surface area contributed by atoms with Gasteiger partial charge in [-0.1, -0.05) is 27.2 Å². The summed E-state index contributed by atoms with van der Waals surface area (Å²) < 4.78 is 0.